The Morgan fingerprint density at radius 1 is 1.00 bits per heavy atom. The van der Waals surface area contributed by atoms with E-state index in [9.17, 15) is 5.11 Å². The third-order valence-electron chi connectivity index (χ3n) is 4.53. The van der Waals surface area contributed by atoms with Crippen molar-refractivity contribution in [3.63, 3.8) is 0 Å². The van der Waals surface area contributed by atoms with Crippen LogP contribution in [0.4, 0.5) is 5.69 Å². The lowest BCUT2D eigenvalue weighted by Crippen LogP contribution is -2.25. The van der Waals surface area contributed by atoms with Gasteiger partial charge >= 0.3 is 0 Å². The third-order valence-corrected chi connectivity index (χ3v) is 4.53. The van der Waals surface area contributed by atoms with Gasteiger partial charge in [-0.3, -0.25) is 0 Å². The van der Waals surface area contributed by atoms with Crippen LogP contribution in [0.1, 0.15) is 16.8 Å². The normalized spacial score (nSPS) is 12.5. The number of nitrogens with zero attached hydrogens (tertiary/aromatic N) is 1. The SMILES string of the molecule is Cc1ccc(NCC(O)Cn2c(C)c(C)c3ccccc32)cc1. The molecule has 0 aliphatic heterocycles. The second-order valence-electron chi connectivity index (χ2n) is 6.24. The van der Waals surface area contributed by atoms with Crippen molar-refractivity contribution < 1.29 is 5.11 Å². The Hall–Kier alpha value is -2.26. The zero-order chi connectivity index (χ0) is 16.4. The van der Waals surface area contributed by atoms with E-state index < -0.39 is 6.10 Å². The number of benzene rings is 2. The molecule has 1 unspecified atom stereocenters. The van der Waals surface area contributed by atoms with Gasteiger partial charge in [-0.15, -0.1) is 0 Å². The third kappa shape index (κ3) is 3.25. The predicted octanol–water partition coefficient (Wildman–Crippen LogP) is 4.04. The average Bonchev–Trinajstić information content (AvgIpc) is 2.80. The standard InChI is InChI=1S/C20H24N2O/c1-14-8-10-17(11-9-14)21-12-18(23)13-22-16(3)15(2)19-6-4-5-7-20(19)22/h4-11,18,21,23H,12-13H2,1-3H3. The Morgan fingerprint density at radius 2 is 1.70 bits per heavy atom. The number of para-hydroxylation sites is 1. The zero-order valence-corrected chi connectivity index (χ0v) is 14.0. The molecule has 2 aromatic carbocycles. The highest BCUT2D eigenvalue weighted by Gasteiger charge is 2.13. The van der Waals surface area contributed by atoms with Gasteiger partial charge in [0.05, 0.1) is 12.6 Å². The summed E-state index contributed by atoms with van der Waals surface area (Å²) < 4.78 is 2.21. The Bertz CT molecular complexity index is 802. The van der Waals surface area contributed by atoms with Gasteiger partial charge in [0.15, 0.2) is 0 Å². The molecule has 3 aromatic rings. The molecule has 23 heavy (non-hydrogen) atoms. The Labute approximate surface area is 137 Å². The summed E-state index contributed by atoms with van der Waals surface area (Å²) in [6, 6.07) is 16.6. The van der Waals surface area contributed by atoms with E-state index in [-0.39, 0.29) is 0 Å². The molecule has 0 amide bonds. The second kappa shape index (κ2) is 6.47. The van der Waals surface area contributed by atoms with Crippen LogP contribution in [0.2, 0.25) is 0 Å². The van der Waals surface area contributed by atoms with Crippen molar-refractivity contribution in [2.45, 2.75) is 33.4 Å². The first kappa shape index (κ1) is 15.6. The molecule has 120 valence electrons. The highest BCUT2D eigenvalue weighted by atomic mass is 16.3. The molecule has 0 spiro atoms. The molecule has 0 bridgehead atoms. The maximum absolute atomic E-state index is 10.4. The number of aromatic nitrogens is 1. The van der Waals surface area contributed by atoms with E-state index in [0.29, 0.717) is 13.1 Å². The zero-order valence-electron chi connectivity index (χ0n) is 14.0. The summed E-state index contributed by atoms with van der Waals surface area (Å²) in [5.74, 6) is 0. The van der Waals surface area contributed by atoms with Crippen molar-refractivity contribution in [1.82, 2.24) is 4.57 Å². The van der Waals surface area contributed by atoms with E-state index in [1.165, 1.54) is 27.7 Å². The summed E-state index contributed by atoms with van der Waals surface area (Å²) in [6.07, 6.45) is -0.440. The molecule has 3 nitrogen and oxygen atoms in total. The number of hydrogen-bond donors (Lipinski definition) is 2. The fraction of sp³-hybridized carbons (Fsp3) is 0.300. The second-order valence-corrected chi connectivity index (χ2v) is 6.24. The summed E-state index contributed by atoms with van der Waals surface area (Å²) in [4.78, 5) is 0. The minimum atomic E-state index is -0.440. The Balaban J connectivity index is 1.72. The number of hydrogen-bond acceptors (Lipinski definition) is 2. The maximum atomic E-state index is 10.4. The van der Waals surface area contributed by atoms with Crippen molar-refractivity contribution in [1.29, 1.82) is 0 Å². The van der Waals surface area contributed by atoms with Crippen molar-refractivity contribution >= 4 is 16.6 Å². The Kier molecular flexibility index (Phi) is 4.39. The van der Waals surface area contributed by atoms with Gasteiger partial charge in [0.25, 0.3) is 0 Å². The number of rotatable bonds is 5. The number of anilines is 1. The van der Waals surface area contributed by atoms with Gasteiger partial charge < -0.3 is 15.0 Å². The van der Waals surface area contributed by atoms with Crippen LogP contribution in [0.3, 0.4) is 0 Å². The molecule has 0 fully saturated rings. The minimum Gasteiger partial charge on any atom is -0.389 e. The van der Waals surface area contributed by atoms with Crippen LogP contribution in [0.25, 0.3) is 10.9 Å². The van der Waals surface area contributed by atoms with Crippen molar-refractivity contribution in [2.75, 3.05) is 11.9 Å². The molecular formula is C20H24N2O. The molecule has 3 heteroatoms. The average molecular weight is 308 g/mol. The number of aliphatic hydroxyl groups is 1. The first-order chi connectivity index (χ1) is 11.1. The van der Waals surface area contributed by atoms with Gasteiger partial charge in [0, 0.05) is 28.8 Å². The number of aliphatic hydroxyl groups excluding tert-OH is 1. The van der Waals surface area contributed by atoms with Crippen molar-refractivity contribution in [3.8, 4) is 0 Å². The molecule has 0 saturated carbocycles. The summed E-state index contributed by atoms with van der Waals surface area (Å²) in [5, 5.41) is 15.0. The van der Waals surface area contributed by atoms with Gasteiger partial charge in [0.1, 0.15) is 0 Å². The van der Waals surface area contributed by atoms with Crippen LogP contribution >= 0.6 is 0 Å². The molecule has 2 N–H and O–H groups in total. The molecule has 0 aliphatic carbocycles. The lowest BCUT2D eigenvalue weighted by molar-refractivity contribution is 0.167. The first-order valence-corrected chi connectivity index (χ1v) is 8.09. The summed E-state index contributed by atoms with van der Waals surface area (Å²) in [7, 11) is 0. The van der Waals surface area contributed by atoms with Crippen molar-refractivity contribution in [3.05, 3.63) is 65.4 Å². The van der Waals surface area contributed by atoms with Crippen LogP contribution in [0.5, 0.6) is 0 Å². The van der Waals surface area contributed by atoms with Gasteiger partial charge in [-0.1, -0.05) is 35.9 Å². The van der Waals surface area contributed by atoms with E-state index in [1.807, 2.05) is 12.1 Å². The van der Waals surface area contributed by atoms with Crippen LogP contribution in [-0.4, -0.2) is 22.3 Å². The largest absolute Gasteiger partial charge is 0.389 e. The van der Waals surface area contributed by atoms with E-state index >= 15 is 0 Å². The van der Waals surface area contributed by atoms with Crippen LogP contribution in [0, 0.1) is 20.8 Å². The lowest BCUT2D eigenvalue weighted by atomic mass is 10.2. The number of aryl methyl sites for hydroxylation is 2. The first-order valence-electron chi connectivity index (χ1n) is 8.09. The molecule has 3 rings (SSSR count). The molecule has 0 aliphatic rings. The van der Waals surface area contributed by atoms with Crippen molar-refractivity contribution in [2.24, 2.45) is 0 Å². The van der Waals surface area contributed by atoms with E-state index in [4.69, 9.17) is 0 Å². The molecule has 1 aromatic heterocycles. The fourth-order valence-electron chi connectivity index (χ4n) is 3.02. The molecular weight excluding hydrogens is 284 g/mol. The van der Waals surface area contributed by atoms with Gasteiger partial charge in [-0.2, -0.15) is 0 Å². The van der Waals surface area contributed by atoms with E-state index in [2.05, 4.69) is 67.1 Å². The Morgan fingerprint density at radius 3 is 2.43 bits per heavy atom. The highest BCUT2D eigenvalue weighted by Crippen LogP contribution is 2.25. The smallest absolute Gasteiger partial charge is 0.0891 e. The van der Waals surface area contributed by atoms with Crippen LogP contribution in [-0.2, 0) is 6.54 Å². The minimum absolute atomic E-state index is 0.440. The topological polar surface area (TPSA) is 37.2 Å². The molecule has 1 atom stereocenters. The van der Waals surface area contributed by atoms with Gasteiger partial charge in [0.2, 0.25) is 0 Å². The van der Waals surface area contributed by atoms with E-state index in [0.717, 1.165) is 5.69 Å². The molecule has 1 heterocycles. The quantitative estimate of drug-likeness (QED) is 0.746. The van der Waals surface area contributed by atoms with Crippen LogP contribution in [0.15, 0.2) is 48.5 Å². The summed E-state index contributed by atoms with van der Waals surface area (Å²) in [5.41, 5.74) is 5.98. The monoisotopic (exact) mass is 308 g/mol. The summed E-state index contributed by atoms with van der Waals surface area (Å²) in [6.45, 7) is 7.47. The number of fused-ring (bicyclic) bond motifs is 1. The predicted molar refractivity (Wildman–Crippen MR) is 97.1 cm³/mol. The fourth-order valence-corrected chi connectivity index (χ4v) is 3.02. The van der Waals surface area contributed by atoms with Gasteiger partial charge in [-0.25, -0.2) is 0 Å². The van der Waals surface area contributed by atoms with Crippen LogP contribution < -0.4 is 5.32 Å². The maximum Gasteiger partial charge on any atom is 0.0891 e. The van der Waals surface area contributed by atoms with Gasteiger partial charge in [-0.05, 0) is 44.5 Å². The number of nitrogens with one attached hydrogen (secondary N) is 1. The molecule has 0 radical (unpaired) electrons. The molecule has 0 saturated heterocycles. The lowest BCUT2D eigenvalue weighted by Gasteiger charge is -2.16. The highest BCUT2D eigenvalue weighted by molar-refractivity contribution is 5.85. The van der Waals surface area contributed by atoms with E-state index in [1.54, 1.807) is 0 Å². The summed E-state index contributed by atoms with van der Waals surface area (Å²) >= 11 is 0.